The molecular weight excluding hydrogens is 421 g/mol. The molecule has 1 nitrogen and oxygen atoms in total. The fourth-order valence-electron chi connectivity index (χ4n) is 1.25. The van der Waals surface area contributed by atoms with Gasteiger partial charge in [0.05, 0.1) is 0 Å². The van der Waals surface area contributed by atoms with Crippen LogP contribution in [0.3, 0.4) is 0 Å². The lowest BCUT2D eigenvalue weighted by molar-refractivity contribution is 0.588. The van der Waals surface area contributed by atoms with Crippen LogP contribution in [0, 0.1) is 0 Å². The molecule has 0 aromatic heterocycles. The molecule has 0 saturated heterocycles. The number of rotatable bonds is 9. The van der Waals surface area contributed by atoms with Gasteiger partial charge >= 0.3 is 0 Å². The van der Waals surface area contributed by atoms with Crippen LogP contribution >= 0.6 is 55.8 Å². The van der Waals surface area contributed by atoms with Crippen LogP contribution in [0.1, 0.15) is 51.4 Å². The van der Waals surface area contributed by atoms with Crippen LogP contribution in [-0.2, 0) is 0 Å². The summed E-state index contributed by atoms with van der Waals surface area (Å²) < 4.78 is 0. The van der Waals surface area contributed by atoms with Gasteiger partial charge in [0, 0.05) is 10.7 Å². The van der Waals surface area contributed by atoms with Crippen molar-refractivity contribution in [2.45, 2.75) is 51.4 Å². The lowest BCUT2D eigenvalue weighted by Gasteiger charge is -1.99. The van der Waals surface area contributed by atoms with Crippen LogP contribution in [0.4, 0.5) is 0 Å². The largest absolute Gasteiger partial charge is 0.344 e. The van der Waals surface area contributed by atoms with Crippen LogP contribution in [0.5, 0.6) is 0 Å². The van der Waals surface area contributed by atoms with E-state index < -0.39 is 0 Å². The van der Waals surface area contributed by atoms with Gasteiger partial charge in [-0.05, 0) is 12.8 Å². The van der Waals surface area contributed by atoms with E-state index in [0.29, 0.717) is 0 Å². The van der Waals surface area contributed by atoms with Crippen LogP contribution in [0.25, 0.3) is 0 Å². The molecule has 4 heteroatoms. The smallest absolute Gasteiger partial charge is 0.00313 e. The van der Waals surface area contributed by atoms with E-state index >= 15 is 0 Å². The Labute approximate surface area is 123 Å². The van der Waals surface area contributed by atoms with Crippen LogP contribution in [0.15, 0.2) is 0 Å². The van der Waals surface area contributed by atoms with E-state index in [2.05, 4.69) is 31.9 Å². The predicted molar refractivity (Wildman–Crippen MR) is 85.0 cm³/mol. The fourth-order valence-corrected chi connectivity index (χ4v) is 2.04. The first-order chi connectivity index (χ1) is 5.91. The van der Waals surface area contributed by atoms with Crippen LogP contribution in [-0.4, -0.2) is 10.7 Å². The minimum Gasteiger partial charge on any atom is -0.344 e. The maximum absolute atomic E-state index is 3.45. The Kier molecular flexibility index (Phi) is 30.2. The molecule has 0 aromatic rings. The predicted octanol–water partition coefficient (Wildman–Crippen LogP) is 5.68. The van der Waals surface area contributed by atoms with Crippen LogP contribution in [0.2, 0.25) is 0 Å². The molecule has 0 rings (SSSR count). The summed E-state index contributed by atoms with van der Waals surface area (Å²) in [5.74, 6) is 0. The molecule has 0 aliphatic heterocycles. The Hall–Kier alpha value is 1.65. The van der Waals surface area contributed by atoms with Crippen molar-refractivity contribution in [3.63, 3.8) is 0 Å². The minimum absolute atomic E-state index is 0. The van der Waals surface area contributed by atoms with E-state index in [4.69, 9.17) is 0 Å². The molecule has 0 aliphatic rings. The quantitative estimate of drug-likeness (QED) is 0.277. The highest BCUT2D eigenvalue weighted by Crippen LogP contribution is 2.09. The third-order valence-electron chi connectivity index (χ3n) is 2.02. The minimum atomic E-state index is 0. The molecule has 0 fully saturated rings. The SMILES string of the molecule is BrCCCCCCCCCCBr.I.N. The van der Waals surface area contributed by atoms with E-state index in [0.717, 1.165) is 0 Å². The molecule has 0 saturated carbocycles. The van der Waals surface area contributed by atoms with Crippen molar-refractivity contribution in [3.8, 4) is 0 Å². The van der Waals surface area contributed by atoms with Gasteiger partial charge in [0.1, 0.15) is 0 Å². The summed E-state index contributed by atoms with van der Waals surface area (Å²) in [6, 6.07) is 0. The number of unbranched alkanes of at least 4 members (excludes halogenated alkanes) is 7. The maximum Gasteiger partial charge on any atom is 0.00313 e. The maximum atomic E-state index is 3.45. The van der Waals surface area contributed by atoms with Crippen molar-refractivity contribution in [2.24, 2.45) is 0 Å². The van der Waals surface area contributed by atoms with E-state index in [9.17, 15) is 0 Å². The van der Waals surface area contributed by atoms with Crippen molar-refractivity contribution in [3.05, 3.63) is 0 Å². The lowest BCUT2D eigenvalue weighted by atomic mass is 10.1. The van der Waals surface area contributed by atoms with Gasteiger partial charge < -0.3 is 6.15 Å². The molecule has 0 unspecified atom stereocenters. The summed E-state index contributed by atoms with van der Waals surface area (Å²) >= 11 is 6.90. The normalized spacial score (nSPS) is 9.00. The monoisotopic (exact) mass is 443 g/mol. The Bertz CT molecular complexity index is 74.5. The summed E-state index contributed by atoms with van der Waals surface area (Å²) in [7, 11) is 0. The molecule has 0 radical (unpaired) electrons. The van der Waals surface area contributed by atoms with Gasteiger partial charge in [-0.2, -0.15) is 0 Å². The Morgan fingerprint density at radius 2 is 0.714 bits per heavy atom. The molecule has 0 aromatic carbocycles. The molecular formula is C10H24Br2IN. The topological polar surface area (TPSA) is 35.0 Å². The number of hydrogen-bond acceptors (Lipinski definition) is 1. The van der Waals surface area contributed by atoms with E-state index in [-0.39, 0.29) is 30.1 Å². The highest BCUT2D eigenvalue weighted by atomic mass is 127. The highest BCUT2D eigenvalue weighted by molar-refractivity contribution is 14.0. The van der Waals surface area contributed by atoms with Gasteiger partial charge in [-0.1, -0.05) is 70.4 Å². The third-order valence-corrected chi connectivity index (χ3v) is 3.14. The number of hydrogen-bond donors (Lipinski definition) is 1. The van der Waals surface area contributed by atoms with E-state index in [1.54, 1.807) is 0 Å². The zero-order chi connectivity index (χ0) is 9.07. The summed E-state index contributed by atoms with van der Waals surface area (Å²) in [6.45, 7) is 0. The zero-order valence-corrected chi connectivity index (χ0v) is 14.4. The van der Waals surface area contributed by atoms with Gasteiger partial charge in [0.2, 0.25) is 0 Å². The van der Waals surface area contributed by atoms with Gasteiger partial charge in [0.25, 0.3) is 0 Å². The average Bonchev–Trinajstić information content (AvgIpc) is 2.10. The first kappa shape index (κ1) is 21.0. The summed E-state index contributed by atoms with van der Waals surface area (Å²) in [6.07, 6.45) is 11.3. The van der Waals surface area contributed by atoms with E-state index in [1.165, 1.54) is 62.0 Å². The standard InChI is InChI=1S/C10H20Br2.HI.H3N/c11-9-7-5-3-1-2-4-6-8-10-12;;/h1-10H2;1H;1H3. The first-order valence-corrected chi connectivity index (χ1v) is 7.28. The Morgan fingerprint density at radius 3 is 0.929 bits per heavy atom. The van der Waals surface area contributed by atoms with Gasteiger partial charge in [-0.25, -0.2) is 0 Å². The average molecular weight is 445 g/mol. The molecule has 3 N–H and O–H groups in total. The molecule has 0 aliphatic carbocycles. The summed E-state index contributed by atoms with van der Waals surface area (Å²) in [5.41, 5.74) is 0. The van der Waals surface area contributed by atoms with Gasteiger partial charge in [-0.15, -0.1) is 24.0 Å². The van der Waals surface area contributed by atoms with Gasteiger partial charge in [-0.3, -0.25) is 0 Å². The lowest BCUT2D eigenvalue weighted by Crippen LogP contribution is -1.81. The molecule has 0 bridgehead atoms. The summed E-state index contributed by atoms with van der Waals surface area (Å²) in [5, 5.41) is 2.35. The van der Waals surface area contributed by atoms with Gasteiger partial charge in [0.15, 0.2) is 0 Å². The molecule has 0 amide bonds. The molecule has 0 heterocycles. The Morgan fingerprint density at radius 1 is 0.500 bits per heavy atom. The summed E-state index contributed by atoms with van der Waals surface area (Å²) in [4.78, 5) is 0. The van der Waals surface area contributed by atoms with Crippen molar-refractivity contribution in [1.29, 1.82) is 0 Å². The van der Waals surface area contributed by atoms with Crippen molar-refractivity contribution < 1.29 is 0 Å². The molecule has 0 spiro atoms. The third kappa shape index (κ3) is 19.3. The highest BCUT2D eigenvalue weighted by Gasteiger charge is 1.90. The van der Waals surface area contributed by atoms with Crippen molar-refractivity contribution in [2.75, 3.05) is 10.7 Å². The number of alkyl halides is 2. The second-order valence-corrected chi connectivity index (χ2v) is 4.79. The zero-order valence-electron chi connectivity index (χ0n) is 8.94. The van der Waals surface area contributed by atoms with Crippen LogP contribution < -0.4 is 6.15 Å². The first-order valence-electron chi connectivity index (χ1n) is 5.03. The molecule has 0 atom stereocenters. The molecule has 14 heavy (non-hydrogen) atoms. The second-order valence-electron chi connectivity index (χ2n) is 3.21. The number of halogens is 3. The fraction of sp³-hybridized carbons (Fsp3) is 1.00. The van der Waals surface area contributed by atoms with E-state index in [1.807, 2.05) is 0 Å². The molecule has 90 valence electrons. The second kappa shape index (κ2) is 20.1. The Balaban J connectivity index is -0.000000605. The van der Waals surface area contributed by atoms with Crippen molar-refractivity contribution >= 4 is 55.8 Å². The van der Waals surface area contributed by atoms with Crippen molar-refractivity contribution in [1.82, 2.24) is 6.15 Å².